The predicted octanol–water partition coefficient (Wildman–Crippen LogP) is 3.97. The van der Waals surface area contributed by atoms with E-state index in [-0.39, 0.29) is 23.9 Å². The first kappa shape index (κ1) is 18.8. The Labute approximate surface area is 174 Å². The molecule has 0 aliphatic heterocycles. The van der Waals surface area contributed by atoms with Crippen LogP contribution in [0, 0.1) is 0 Å². The number of carbonyl (C=O) groups excluding carboxylic acids is 1. The van der Waals surface area contributed by atoms with Crippen molar-refractivity contribution in [2.24, 2.45) is 0 Å². The Kier molecular flexibility index (Phi) is 5.35. The number of hydrogen-bond acceptors (Lipinski definition) is 5. The Bertz CT molecular complexity index is 1200. The summed E-state index contributed by atoms with van der Waals surface area (Å²) in [6.07, 6.45) is 1.53. The second-order valence-electron chi connectivity index (χ2n) is 6.23. The number of nitrogens with zero attached hydrogens (tertiary/aromatic N) is 3. The second-order valence-corrected chi connectivity index (χ2v) is 7.14. The van der Waals surface area contributed by atoms with E-state index in [1.165, 1.54) is 16.8 Å². The van der Waals surface area contributed by atoms with Crippen LogP contribution >= 0.6 is 15.9 Å². The Hall–Kier alpha value is -3.52. The average molecular weight is 451 g/mol. The van der Waals surface area contributed by atoms with Gasteiger partial charge in [-0.3, -0.25) is 9.59 Å². The normalized spacial score (nSPS) is 10.7. The summed E-state index contributed by atoms with van der Waals surface area (Å²) in [5, 5.41) is 6.75. The standard InChI is InChI=1S/C21H15BrN4O3/c22-16-9-6-14(7-10-16)20-24-21(29-25-20)15-8-11-19(28)26(12-15)13-18(27)23-17-4-2-1-3-5-17/h1-12H,13H2,(H,23,27). The fourth-order valence-electron chi connectivity index (χ4n) is 2.72. The van der Waals surface area contributed by atoms with Crippen LogP contribution in [-0.2, 0) is 11.3 Å². The van der Waals surface area contributed by atoms with Crippen LogP contribution in [0.2, 0.25) is 0 Å². The van der Waals surface area contributed by atoms with Gasteiger partial charge < -0.3 is 14.4 Å². The van der Waals surface area contributed by atoms with Gasteiger partial charge in [0.25, 0.3) is 11.4 Å². The minimum absolute atomic E-state index is 0.130. The number of anilines is 1. The number of benzene rings is 2. The molecular weight excluding hydrogens is 436 g/mol. The molecule has 29 heavy (non-hydrogen) atoms. The van der Waals surface area contributed by atoms with Gasteiger partial charge in [-0.2, -0.15) is 4.98 Å². The average Bonchev–Trinajstić information content (AvgIpc) is 3.21. The summed E-state index contributed by atoms with van der Waals surface area (Å²) in [6.45, 7) is -0.130. The molecule has 0 saturated heterocycles. The molecule has 0 atom stereocenters. The van der Waals surface area contributed by atoms with Crippen LogP contribution in [0.25, 0.3) is 22.8 Å². The lowest BCUT2D eigenvalue weighted by molar-refractivity contribution is -0.116. The molecule has 144 valence electrons. The Balaban J connectivity index is 1.55. The summed E-state index contributed by atoms with van der Waals surface area (Å²) in [5.74, 6) is 0.392. The second kappa shape index (κ2) is 8.24. The number of halogens is 1. The third-order valence-corrected chi connectivity index (χ3v) is 4.66. The van der Waals surface area contributed by atoms with Crippen LogP contribution in [-0.4, -0.2) is 20.6 Å². The molecule has 0 radical (unpaired) electrons. The lowest BCUT2D eigenvalue weighted by Gasteiger charge is -2.08. The molecular formula is C21H15BrN4O3. The molecule has 0 aliphatic carbocycles. The molecule has 0 unspecified atom stereocenters. The highest BCUT2D eigenvalue weighted by Gasteiger charge is 2.13. The zero-order valence-electron chi connectivity index (χ0n) is 15.1. The summed E-state index contributed by atoms with van der Waals surface area (Å²) in [5.41, 5.74) is 1.72. The first-order valence-corrected chi connectivity index (χ1v) is 9.53. The highest BCUT2D eigenvalue weighted by molar-refractivity contribution is 9.10. The van der Waals surface area contributed by atoms with Crippen molar-refractivity contribution in [1.29, 1.82) is 0 Å². The Morgan fingerprint density at radius 1 is 1.00 bits per heavy atom. The molecule has 2 heterocycles. The van der Waals surface area contributed by atoms with Gasteiger partial charge in [0.05, 0.1) is 5.56 Å². The van der Waals surface area contributed by atoms with Gasteiger partial charge >= 0.3 is 0 Å². The summed E-state index contributed by atoms with van der Waals surface area (Å²) in [6, 6.07) is 19.5. The number of rotatable bonds is 5. The minimum Gasteiger partial charge on any atom is -0.334 e. The van der Waals surface area contributed by atoms with Gasteiger partial charge in [-0.25, -0.2) is 0 Å². The topological polar surface area (TPSA) is 90.0 Å². The zero-order valence-corrected chi connectivity index (χ0v) is 16.7. The molecule has 0 saturated carbocycles. The number of amides is 1. The first-order chi connectivity index (χ1) is 14.1. The summed E-state index contributed by atoms with van der Waals surface area (Å²) >= 11 is 3.39. The SMILES string of the molecule is O=C(Cn1cc(-c2nc(-c3ccc(Br)cc3)no2)ccc1=O)Nc1ccccc1. The van der Waals surface area contributed by atoms with E-state index in [9.17, 15) is 9.59 Å². The molecule has 0 aliphatic rings. The highest BCUT2D eigenvalue weighted by atomic mass is 79.9. The predicted molar refractivity (Wildman–Crippen MR) is 112 cm³/mol. The fourth-order valence-corrected chi connectivity index (χ4v) is 2.98. The molecule has 0 fully saturated rings. The van der Waals surface area contributed by atoms with Crippen LogP contribution < -0.4 is 10.9 Å². The molecule has 0 spiro atoms. The number of nitrogens with one attached hydrogen (secondary N) is 1. The van der Waals surface area contributed by atoms with Crippen molar-refractivity contribution < 1.29 is 9.32 Å². The van der Waals surface area contributed by atoms with E-state index in [1.807, 2.05) is 42.5 Å². The molecule has 4 aromatic rings. The summed E-state index contributed by atoms with van der Waals surface area (Å²) in [4.78, 5) is 28.8. The molecule has 7 nitrogen and oxygen atoms in total. The monoisotopic (exact) mass is 450 g/mol. The van der Waals surface area contributed by atoms with Crippen molar-refractivity contribution in [2.75, 3.05) is 5.32 Å². The molecule has 8 heteroatoms. The maximum Gasteiger partial charge on any atom is 0.259 e. The smallest absolute Gasteiger partial charge is 0.259 e. The van der Waals surface area contributed by atoms with Crippen LogP contribution in [0.3, 0.4) is 0 Å². The molecule has 1 N–H and O–H groups in total. The van der Waals surface area contributed by atoms with Crippen LogP contribution in [0.1, 0.15) is 0 Å². The number of aromatic nitrogens is 3. The third kappa shape index (κ3) is 4.49. The van der Waals surface area contributed by atoms with Crippen LogP contribution in [0.5, 0.6) is 0 Å². The number of carbonyl (C=O) groups is 1. The zero-order chi connectivity index (χ0) is 20.2. The van der Waals surface area contributed by atoms with Gasteiger partial charge in [-0.05, 0) is 42.5 Å². The number of pyridine rings is 1. The summed E-state index contributed by atoms with van der Waals surface area (Å²) in [7, 11) is 0. The van der Waals surface area contributed by atoms with Crippen molar-refractivity contribution in [3.8, 4) is 22.8 Å². The largest absolute Gasteiger partial charge is 0.334 e. The molecule has 2 aromatic carbocycles. The van der Waals surface area contributed by atoms with E-state index < -0.39 is 0 Å². The van der Waals surface area contributed by atoms with Crippen molar-refractivity contribution in [2.45, 2.75) is 6.54 Å². The molecule has 2 aromatic heterocycles. The van der Waals surface area contributed by atoms with E-state index in [4.69, 9.17) is 4.52 Å². The highest BCUT2D eigenvalue weighted by Crippen LogP contribution is 2.23. The van der Waals surface area contributed by atoms with Gasteiger partial charge in [0, 0.05) is 28.0 Å². The number of para-hydroxylation sites is 1. The maximum atomic E-state index is 12.3. The van der Waals surface area contributed by atoms with Gasteiger partial charge in [-0.1, -0.05) is 39.3 Å². The lowest BCUT2D eigenvalue weighted by atomic mass is 10.2. The Morgan fingerprint density at radius 3 is 2.48 bits per heavy atom. The van der Waals surface area contributed by atoms with E-state index in [0.717, 1.165) is 10.0 Å². The van der Waals surface area contributed by atoms with E-state index in [2.05, 4.69) is 31.4 Å². The van der Waals surface area contributed by atoms with Gasteiger partial charge in [0.15, 0.2) is 0 Å². The van der Waals surface area contributed by atoms with E-state index in [0.29, 0.717) is 17.1 Å². The van der Waals surface area contributed by atoms with Crippen molar-refractivity contribution in [1.82, 2.24) is 14.7 Å². The van der Waals surface area contributed by atoms with Gasteiger partial charge in [0.2, 0.25) is 11.7 Å². The van der Waals surface area contributed by atoms with E-state index >= 15 is 0 Å². The summed E-state index contributed by atoms with van der Waals surface area (Å²) < 4.78 is 7.59. The van der Waals surface area contributed by atoms with Crippen LogP contribution in [0.4, 0.5) is 5.69 Å². The fraction of sp³-hybridized carbons (Fsp3) is 0.0476. The lowest BCUT2D eigenvalue weighted by Crippen LogP contribution is -2.26. The van der Waals surface area contributed by atoms with E-state index in [1.54, 1.807) is 18.2 Å². The third-order valence-electron chi connectivity index (χ3n) is 4.13. The maximum absolute atomic E-state index is 12.3. The van der Waals surface area contributed by atoms with Crippen LogP contribution in [0.15, 0.2) is 86.7 Å². The Morgan fingerprint density at radius 2 is 1.72 bits per heavy atom. The number of hydrogen-bond donors (Lipinski definition) is 1. The molecule has 0 bridgehead atoms. The van der Waals surface area contributed by atoms with Gasteiger partial charge in [-0.15, -0.1) is 0 Å². The van der Waals surface area contributed by atoms with Crippen molar-refractivity contribution in [3.05, 3.63) is 87.8 Å². The van der Waals surface area contributed by atoms with Crippen molar-refractivity contribution in [3.63, 3.8) is 0 Å². The quantitative estimate of drug-likeness (QED) is 0.496. The first-order valence-electron chi connectivity index (χ1n) is 8.74. The van der Waals surface area contributed by atoms with Gasteiger partial charge in [0.1, 0.15) is 6.54 Å². The van der Waals surface area contributed by atoms with Crippen molar-refractivity contribution >= 4 is 27.5 Å². The molecule has 4 rings (SSSR count). The minimum atomic E-state index is -0.309. The molecule has 1 amide bonds.